The van der Waals surface area contributed by atoms with Crippen LogP contribution in [-0.2, 0) is 24.3 Å². The van der Waals surface area contributed by atoms with Gasteiger partial charge in [-0.1, -0.05) is 12.1 Å². The first-order valence-corrected chi connectivity index (χ1v) is 9.73. The molecule has 0 bridgehead atoms. The van der Waals surface area contributed by atoms with E-state index in [4.69, 9.17) is 19.9 Å². The first-order chi connectivity index (χ1) is 14.5. The number of methoxy groups -OCH3 is 2. The molecule has 0 aromatic heterocycles. The maximum absolute atomic E-state index is 10.9. The van der Waals surface area contributed by atoms with Crippen molar-refractivity contribution in [1.29, 1.82) is 0 Å². The van der Waals surface area contributed by atoms with Gasteiger partial charge in [-0.2, -0.15) is 0 Å². The monoisotopic (exact) mass is 540 g/mol. The SMILES string of the molecule is CN=C(NCc1cccc(OCC(N)=O)c1)N1CCc2cc(OC)c(OC)cc2C1.I. The quantitative estimate of drug-likeness (QED) is 0.318. The lowest BCUT2D eigenvalue weighted by atomic mass is 9.99. The summed E-state index contributed by atoms with van der Waals surface area (Å²) < 4.78 is 16.2. The van der Waals surface area contributed by atoms with Crippen molar-refractivity contribution in [2.45, 2.75) is 19.5 Å². The highest BCUT2D eigenvalue weighted by Gasteiger charge is 2.21. The second kappa shape index (κ2) is 11.6. The van der Waals surface area contributed by atoms with Crippen LogP contribution >= 0.6 is 24.0 Å². The van der Waals surface area contributed by atoms with Gasteiger partial charge in [-0.3, -0.25) is 9.79 Å². The summed E-state index contributed by atoms with van der Waals surface area (Å²) in [7, 11) is 5.07. The highest BCUT2D eigenvalue weighted by molar-refractivity contribution is 14.0. The van der Waals surface area contributed by atoms with E-state index in [1.807, 2.05) is 24.3 Å². The molecule has 0 spiro atoms. The zero-order valence-corrected chi connectivity index (χ0v) is 20.3. The molecule has 2 aromatic rings. The first-order valence-electron chi connectivity index (χ1n) is 9.73. The Morgan fingerprint density at radius 3 is 2.52 bits per heavy atom. The van der Waals surface area contributed by atoms with E-state index in [1.54, 1.807) is 27.3 Å². The third-order valence-electron chi connectivity index (χ3n) is 4.96. The van der Waals surface area contributed by atoms with Crippen molar-refractivity contribution < 1.29 is 19.0 Å². The summed E-state index contributed by atoms with van der Waals surface area (Å²) in [4.78, 5) is 17.6. The number of nitrogens with one attached hydrogen (secondary N) is 1. The number of nitrogens with zero attached hydrogens (tertiary/aromatic N) is 2. The van der Waals surface area contributed by atoms with Gasteiger partial charge in [0.25, 0.3) is 5.91 Å². The number of fused-ring (bicyclic) bond motifs is 1. The molecule has 3 rings (SSSR count). The molecule has 1 heterocycles. The molecule has 0 saturated heterocycles. The maximum atomic E-state index is 10.9. The summed E-state index contributed by atoms with van der Waals surface area (Å²) in [6.45, 7) is 2.02. The summed E-state index contributed by atoms with van der Waals surface area (Å²) in [5, 5.41) is 3.40. The number of halogens is 1. The average Bonchev–Trinajstić information content (AvgIpc) is 2.77. The van der Waals surface area contributed by atoms with Crippen LogP contribution in [0.15, 0.2) is 41.4 Å². The number of carbonyl (C=O) groups is 1. The second-order valence-electron chi connectivity index (χ2n) is 6.95. The second-order valence-corrected chi connectivity index (χ2v) is 6.95. The molecule has 1 aliphatic rings. The number of carbonyl (C=O) groups excluding carboxylic acids is 1. The highest BCUT2D eigenvalue weighted by atomic mass is 127. The van der Waals surface area contributed by atoms with E-state index >= 15 is 0 Å². The number of rotatable bonds is 7. The minimum atomic E-state index is -0.501. The number of hydrogen-bond donors (Lipinski definition) is 2. The van der Waals surface area contributed by atoms with E-state index < -0.39 is 5.91 Å². The van der Waals surface area contributed by atoms with E-state index in [9.17, 15) is 4.79 Å². The van der Waals surface area contributed by atoms with E-state index in [1.165, 1.54) is 11.1 Å². The van der Waals surface area contributed by atoms with Crippen LogP contribution in [-0.4, -0.2) is 51.2 Å². The summed E-state index contributed by atoms with van der Waals surface area (Å²) in [5.74, 6) is 2.41. The van der Waals surface area contributed by atoms with Gasteiger partial charge in [-0.15, -0.1) is 24.0 Å². The zero-order valence-electron chi connectivity index (χ0n) is 18.0. The van der Waals surface area contributed by atoms with Crippen LogP contribution in [0.2, 0.25) is 0 Å². The van der Waals surface area contributed by atoms with Gasteiger partial charge in [-0.25, -0.2) is 0 Å². The van der Waals surface area contributed by atoms with E-state index in [0.717, 1.165) is 42.5 Å². The Balaban J connectivity index is 0.00000341. The molecule has 0 saturated carbocycles. The maximum Gasteiger partial charge on any atom is 0.255 e. The Bertz CT molecular complexity index is 936. The summed E-state index contributed by atoms with van der Waals surface area (Å²) in [5.41, 5.74) is 8.61. The number of amides is 1. The Hall–Kier alpha value is -2.69. The molecular weight excluding hydrogens is 511 g/mol. The molecule has 2 aromatic carbocycles. The number of benzene rings is 2. The zero-order chi connectivity index (χ0) is 21.5. The molecular formula is C22H29IN4O4. The number of guanidine groups is 1. The fourth-order valence-corrected chi connectivity index (χ4v) is 3.48. The largest absolute Gasteiger partial charge is 0.493 e. The van der Waals surface area contributed by atoms with Crippen molar-refractivity contribution in [3.63, 3.8) is 0 Å². The molecule has 0 unspecified atom stereocenters. The normalized spacial score (nSPS) is 13.0. The van der Waals surface area contributed by atoms with Gasteiger partial charge in [0, 0.05) is 26.7 Å². The lowest BCUT2D eigenvalue weighted by Crippen LogP contribution is -2.43. The van der Waals surface area contributed by atoms with Crippen molar-refractivity contribution in [2.24, 2.45) is 10.7 Å². The van der Waals surface area contributed by atoms with Crippen molar-refractivity contribution in [2.75, 3.05) is 34.4 Å². The number of hydrogen-bond acceptors (Lipinski definition) is 5. The standard InChI is InChI=1S/C22H28N4O4.HI/c1-24-22(25-12-15-5-4-6-18(9-15)30-14-21(23)27)26-8-7-16-10-19(28-2)20(29-3)11-17(16)13-26;/h4-6,9-11H,7-8,12-14H2,1-3H3,(H2,23,27)(H,24,25);1H. The number of primary amides is 1. The van der Waals surface area contributed by atoms with Crippen LogP contribution in [0.5, 0.6) is 17.2 Å². The van der Waals surface area contributed by atoms with Gasteiger partial charge in [0.05, 0.1) is 14.2 Å². The molecule has 1 amide bonds. The Morgan fingerprint density at radius 2 is 1.87 bits per heavy atom. The van der Waals surface area contributed by atoms with Crippen molar-refractivity contribution >= 4 is 35.8 Å². The molecule has 0 atom stereocenters. The molecule has 0 aliphatic carbocycles. The Labute approximate surface area is 199 Å². The van der Waals surface area contributed by atoms with E-state index in [2.05, 4.69) is 21.3 Å². The van der Waals surface area contributed by atoms with Gasteiger partial charge in [0.1, 0.15) is 5.75 Å². The third-order valence-corrected chi connectivity index (χ3v) is 4.96. The molecule has 3 N–H and O–H groups in total. The fraction of sp³-hybridized carbons (Fsp3) is 0.364. The predicted molar refractivity (Wildman–Crippen MR) is 130 cm³/mol. The van der Waals surface area contributed by atoms with Gasteiger partial charge < -0.3 is 30.2 Å². The van der Waals surface area contributed by atoms with Crippen molar-refractivity contribution in [1.82, 2.24) is 10.2 Å². The smallest absolute Gasteiger partial charge is 0.255 e. The molecule has 31 heavy (non-hydrogen) atoms. The minimum absolute atomic E-state index is 0. The van der Waals surface area contributed by atoms with Crippen LogP contribution in [0.3, 0.4) is 0 Å². The lowest BCUT2D eigenvalue weighted by Gasteiger charge is -2.32. The molecule has 0 fully saturated rings. The van der Waals surface area contributed by atoms with E-state index in [-0.39, 0.29) is 30.6 Å². The molecule has 168 valence electrons. The summed E-state index contributed by atoms with van der Waals surface area (Å²) in [6.07, 6.45) is 0.896. The molecule has 9 heteroatoms. The first kappa shape index (κ1) is 24.6. The van der Waals surface area contributed by atoms with Gasteiger partial charge in [0.15, 0.2) is 24.1 Å². The van der Waals surface area contributed by atoms with Crippen molar-refractivity contribution in [3.05, 3.63) is 53.1 Å². The molecule has 8 nitrogen and oxygen atoms in total. The van der Waals surface area contributed by atoms with E-state index in [0.29, 0.717) is 12.3 Å². The van der Waals surface area contributed by atoms with Crippen LogP contribution in [0, 0.1) is 0 Å². The third kappa shape index (κ3) is 6.39. The number of nitrogens with two attached hydrogens (primary N) is 1. The predicted octanol–water partition coefficient (Wildman–Crippen LogP) is 2.32. The van der Waals surface area contributed by atoms with Crippen LogP contribution in [0.25, 0.3) is 0 Å². The van der Waals surface area contributed by atoms with Gasteiger partial charge in [-0.05, 0) is 47.4 Å². The number of aliphatic imine (C=N–C) groups is 1. The highest BCUT2D eigenvalue weighted by Crippen LogP contribution is 2.33. The average molecular weight is 540 g/mol. The molecule has 0 radical (unpaired) electrons. The molecule has 1 aliphatic heterocycles. The van der Waals surface area contributed by atoms with Crippen LogP contribution in [0.4, 0.5) is 0 Å². The van der Waals surface area contributed by atoms with Gasteiger partial charge >= 0.3 is 0 Å². The van der Waals surface area contributed by atoms with Gasteiger partial charge in [0.2, 0.25) is 0 Å². The van der Waals surface area contributed by atoms with Crippen molar-refractivity contribution in [3.8, 4) is 17.2 Å². The van der Waals surface area contributed by atoms with Crippen LogP contribution in [0.1, 0.15) is 16.7 Å². The minimum Gasteiger partial charge on any atom is -0.493 e. The lowest BCUT2D eigenvalue weighted by molar-refractivity contribution is -0.119. The topological polar surface area (TPSA) is 98.4 Å². The number of ether oxygens (including phenoxy) is 3. The summed E-state index contributed by atoms with van der Waals surface area (Å²) in [6, 6.07) is 11.6. The fourth-order valence-electron chi connectivity index (χ4n) is 3.48. The van der Waals surface area contributed by atoms with Crippen LogP contribution < -0.4 is 25.3 Å². The summed E-state index contributed by atoms with van der Waals surface area (Å²) >= 11 is 0. The Morgan fingerprint density at radius 1 is 1.16 bits per heavy atom. The Kier molecular flexibility index (Phi) is 9.22.